The highest BCUT2D eigenvalue weighted by atomic mass is 16.5. The van der Waals surface area contributed by atoms with Gasteiger partial charge in [-0.15, -0.1) is 0 Å². The first-order valence-corrected chi connectivity index (χ1v) is 12.3. The second-order valence-corrected chi connectivity index (χ2v) is 11.4. The van der Waals surface area contributed by atoms with Crippen LogP contribution in [-0.2, 0) is 16.1 Å². The molecule has 0 aromatic heterocycles. The molecule has 3 nitrogen and oxygen atoms in total. The Labute approximate surface area is 182 Å². The van der Waals surface area contributed by atoms with Crippen LogP contribution in [0, 0.1) is 34.5 Å². The molecule has 4 aliphatic rings. The Balaban J connectivity index is 1.37. The van der Waals surface area contributed by atoms with Gasteiger partial charge in [-0.1, -0.05) is 51.1 Å². The van der Waals surface area contributed by atoms with Crippen LogP contribution in [0.4, 0.5) is 0 Å². The molecular formula is C27H39NO2. The number of carbonyl (C=O) groups is 1. The predicted octanol–water partition coefficient (Wildman–Crippen LogP) is 5.68. The van der Waals surface area contributed by atoms with Gasteiger partial charge in [0.15, 0.2) is 0 Å². The number of ether oxygens (including phenoxy) is 1. The van der Waals surface area contributed by atoms with Crippen LogP contribution in [-0.4, -0.2) is 30.0 Å². The second-order valence-electron chi connectivity index (χ2n) is 11.4. The van der Waals surface area contributed by atoms with E-state index in [1.165, 1.54) is 37.7 Å². The van der Waals surface area contributed by atoms with Gasteiger partial charge in [0.1, 0.15) is 0 Å². The number of nitrogens with zero attached hydrogens (tertiary/aromatic N) is 1. The van der Waals surface area contributed by atoms with Crippen molar-refractivity contribution in [3.05, 3.63) is 35.9 Å². The third-order valence-corrected chi connectivity index (χ3v) is 10.1. The van der Waals surface area contributed by atoms with Crippen LogP contribution in [0.25, 0.3) is 0 Å². The number of benzene rings is 1. The van der Waals surface area contributed by atoms with Crippen molar-refractivity contribution in [3.63, 3.8) is 0 Å². The van der Waals surface area contributed by atoms with E-state index in [9.17, 15) is 4.79 Å². The quantitative estimate of drug-likeness (QED) is 0.643. The van der Waals surface area contributed by atoms with Crippen LogP contribution in [0.5, 0.6) is 0 Å². The summed E-state index contributed by atoms with van der Waals surface area (Å²) in [6, 6.07) is 11.1. The van der Waals surface area contributed by atoms with Crippen molar-refractivity contribution in [2.45, 2.75) is 84.5 Å². The van der Waals surface area contributed by atoms with Gasteiger partial charge < -0.3 is 9.64 Å². The Kier molecular flexibility index (Phi) is 5.04. The number of hydrogen-bond donors (Lipinski definition) is 0. The first kappa shape index (κ1) is 20.5. The molecule has 3 unspecified atom stereocenters. The fourth-order valence-electron chi connectivity index (χ4n) is 8.46. The Bertz CT molecular complexity index is 793. The molecule has 3 heteroatoms. The summed E-state index contributed by atoms with van der Waals surface area (Å²) in [5.74, 6) is 3.37. The summed E-state index contributed by atoms with van der Waals surface area (Å²) >= 11 is 0. The second kappa shape index (κ2) is 7.36. The van der Waals surface area contributed by atoms with Crippen LogP contribution in [0.2, 0.25) is 0 Å². The Morgan fingerprint density at radius 1 is 1.03 bits per heavy atom. The highest BCUT2D eigenvalue weighted by Crippen LogP contribution is 2.66. The summed E-state index contributed by atoms with van der Waals surface area (Å²) < 4.78 is 6.59. The number of likely N-dealkylation sites (tertiary alicyclic amines) is 1. The largest absolute Gasteiger partial charge is 0.373 e. The summed E-state index contributed by atoms with van der Waals surface area (Å²) in [6.07, 6.45) is 8.52. The zero-order valence-electron chi connectivity index (χ0n) is 19.3. The smallest absolute Gasteiger partial charge is 0.222 e. The molecule has 164 valence electrons. The van der Waals surface area contributed by atoms with Gasteiger partial charge in [0, 0.05) is 19.5 Å². The van der Waals surface area contributed by atoms with E-state index in [0.29, 0.717) is 34.8 Å². The van der Waals surface area contributed by atoms with Gasteiger partial charge in [-0.3, -0.25) is 4.79 Å². The summed E-state index contributed by atoms with van der Waals surface area (Å²) in [6.45, 7) is 8.28. The molecule has 0 N–H and O–H groups in total. The van der Waals surface area contributed by atoms with E-state index in [1.54, 1.807) is 0 Å². The van der Waals surface area contributed by atoms with Crippen LogP contribution >= 0.6 is 0 Å². The van der Waals surface area contributed by atoms with Crippen molar-refractivity contribution in [3.8, 4) is 0 Å². The summed E-state index contributed by atoms with van der Waals surface area (Å²) in [7, 11) is 2.06. The summed E-state index contributed by atoms with van der Waals surface area (Å²) in [4.78, 5) is 14.5. The molecule has 5 rings (SSSR count). The van der Waals surface area contributed by atoms with Gasteiger partial charge in [-0.2, -0.15) is 0 Å². The topological polar surface area (TPSA) is 29.5 Å². The Morgan fingerprint density at radius 2 is 1.77 bits per heavy atom. The third-order valence-electron chi connectivity index (χ3n) is 10.1. The summed E-state index contributed by atoms with van der Waals surface area (Å²) in [5.41, 5.74) is 1.89. The number of hydrogen-bond acceptors (Lipinski definition) is 2. The molecule has 1 amide bonds. The highest BCUT2D eigenvalue weighted by Gasteiger charge is 2.63. The van der Waals surface area contributed by atoms with Gasteiger partial charge in [0.2, 0.25) is 5.91 Å². The minimum Gasteiger partial charge on any atom is -0.373 e. The lowest BCUT2D eigenvalue weighted by Crippen LogP contribution is -2.63. The van der Waals surface area contributed by atoms with Crippen molar-refractivity contribution in [2.75, 3.05) is 7.05 Å². The third kappa shape index (κ3) is 2.98. The fraction of sp³-hybridized carbons (Fsp3) is 0.741. The zero-order valence-corrected chi connectivity index (χ0v) is 19.3. The molecule has 1 aromatic rings. The molecule has 1 saturated heterocycles. The van der Waals surface area contributed by atoms with E-state index >= 15 is 0 Å². The number of rotatable bonds is 3. The molecule has 0 radical (unpaired) electrons. The molecular weight excluding hydrogens is 370 g/mol. The Hall–Kier alpha value is -1.35. The van der Waals surface area contributed by atoms with E-state index < -0.39 is 0 Å². The summed E-state index contributed by atoms with van der Waals surface area (Å²) in [5, 5.41) is 0. The lowest BCUT2D eigenvalue weighted by molar-refractivity contribution is -0.171. The SMILES string of the molecule is CC1CC2N(C)C(=O)CC[C@]2(C)[C@@H]2CC[C@]3(C)C(OCc4ccccc4)CC[C@H]3[C@H]12. The molecule has 4 fully saturated rings. The van der Waals surface area contributed by atoms with Crippen molar-refractivity contribution < 1.29 is 9.53 Å². The normalized spacial score (nSPS) is 45.6. The minimum atomic E-state index is 0.296. The predicted molar refractivity (Wildman–Crippen MR) is 120 cm³/mol. The van der Waals surface area contributed by atoms with Crippen molar-refractivity contribution in [1.29, 1.82) is 0 Å². The molecule has 1 heterocycles. The van der Waals surface area contributed by atoms with Gasteiger partial charge in [0.05, 0.1) is 12.7 Å². The minimum absolute atomic E-state index is 0.296. The fourth-order valence-corrected chi connectivity index (χ4v) is 8.46. The van der Waals surface area contributed by atoms with Crippen molar-refractivity contribution in [1.82, 2.24) is 4.90 Å². The van der Waals surface area contributed by atoms with Gasteiger partial charge in [-0.05, 0) is 78.6 Å². The maximum absolute atomic E-state index is 12.4. The molecule has 30 heavy (non-hydrogen) atoms. The standard InChI is InChI=1S/C27H39NO2/c1-18-16-22-26(2,15-13-24(29)28(22)4)21-12-14-27(3)20(25(18)21)10-11-23(27)30-17-19-8-6-5-7-9-19/h5-9,18,20-23,25H,10-17H2,1-4H3/t18?,20-,21+,22?,23?,25-,26+,27-/m0/s1. The molecule has 1 aromatic carbocycles. The lowest BCUT2D eigenvalue weighted by Gasteiger charge is -2.63. The van der Waals surface area contributed by atoms with Crippen LogP contribution in [0.15, 0.2) is 30.3 Å². The van der Waals surface area contributed by atoms with Crippen LogP contribution < -0.4 is 0 Å². The van der Waals surface area contributed by atoms with Crippen molar-refractivity contribution >= 4 is 5.91 Å². The number of carbonyl (C=O) groups excluding carboxylic acids is 1. The maximum Gasteiger partial charge on any atom is 0.222 e. The van der Waals surface area contributed by atoms with Crippen molar-refractivity contribution in [2.24, 2.45) is 34.5 Å². The lowest BCUT2D eigenvalue weighted by atomic mass is 9.45. The van der Waals surface area contributed by atoms with Crippen LogP contribution in [0.3, 0.4) is 0 Å². The van der Waals surface area contributed by atoms with Gasteiger partial charge in [-0.25, -0.2) is 0 Å². The van der Waals surface area contributed by atoms with E-state index in [4.69, 9.17) is 4.74 Å². The first-order valence-electron chi connectivity index (χ1n) is 12.3. The highest BCUT2D eigenvalue weighted by molar-refractivity contribution is 5.77. The average molecular weight is 410 g/mol. The molecule has 3 saturated carbocycles. The van der Waals surface area contributed by atoms with E-state index in [-0.39, 0.29) is 0 Å². The molecule has 0 spiro atoms. The molecule has 0 bridgehead atoms. The molecule has 3 aliphatic carbocycles. The maximum atomic E-state index is 12.4. The number of amides is 1. The Morgan fingerprint density at radius 3 is 2.53 bits per heavy atom. The van der Waals surface area contributed by atoms with Crippen LogP contribution in [0.1, 0.15) is 71.3 Å². The van der Waals surface area contributed by atoms with Gasteiger partial charge >= 0.3 is 0 Å². The number of fused-ring (bicyclic) bond motifs is 5. The average Bonchev–Trinajstić information content (AvgIpc) is 3.08. The van der Waals surface area contributed by atoms with E-state index in [2.05, 4.69) is 63.1 Å². The van der Waals surface area contributed by atoms with E-state index in [0.717, 1.165) is 37.2 Å². The van der Waals surface area contributed by atoms with Gasteiger partial charge in [0.25, 0.3) is 0 Å². The zero-order chi connectivity index (χ0) is 21.1. The molecule has 1 aliphatic heterocycles. The number of piperidine rings is 1. The first-order chi connectivity index (χ1) is 14.3. The molecule has 8 atom stereocenters. The van der Waals surface area contributed by atoms with E-state index in [1.807, 2.05) is 0 Å². The monoisotopic (exact) mass is 409 g/mol.